The predicted octanol–water partition coefficient (Wildman–Crippen LogP) is 4.77. The van der Waals surface area contributed by atoms with Gasteiger partial charge in [0.15, 0.2) is 15.7 Å². The van der Waals surface area contributed by atoms with E-state index in [0.717, 1.165) is 11.8 Å². The van der Waals surface area contributed by atoms with Gasteiger partial charge in [0.1, 0.15) is 11.4 Å². The van der Waals surface area contributed by atoms with Crippen LogP contribution >= 0.6 is 11.6 Å². The molecule has 194 valence electrons. The van der Waals surface area contributed by atoms with Crippen LogP contribution in [0.5, 0.6) is 0 Å². The van der Waals surface area contributed by atoms with Gasteiger partial charge in [-0.3, -0.25) is 0 Å². The number of sulfone groups is 1. The second-order valence-electron chi connectivity index (χ2n) is 9.46. The van der Waals surface area contributed by atoms with E-state index in [1.807, 2.05) is 51.1 Å². The first-order chi connectivity index (χ1) is 17.5. The Balaban J connectivity index is 1.72. The number of aliphatic hydroxyl groups is 1. The number of rotatable bonds is 8. The lowest BCUT2D eigenvalue weighted by atomic mass is 9.96. The van der Waals surface area contributed by atoms with Crippen LogP contribution in [0.4, 0.5) is 17.5 Å². The minimum absolute atomic E-state index is 0.0260. The first-order valence-electron chi connectivity index (χ1n) is 11.4. The number of anilines is 3. The average molecular weight is 543 g/mol. The summed E-state index contributed by atoms with van der Waals surface area (Å²) in [4.78, 5) is 13.5. The molecule has 4 aromatic rings. The number of hydrogen-bond acceptors (Lipinski definition) is 10. The molecule has 0 saturated heterocycles. The van der Waals surface area contributed by atoms with E-state index in [2.05, 4.69) is 30.7 Å². The van der Waals surface area contributed by atoms with Gasteiger partial charge in [0.25, 0.3) is 5.89 Å². The van der Waals surface area contributed by atoms with Crippen molar-refractivity contribution in [2.24, 2.45) is 0 Å². The molecule has 37 heavy (non-hydrogen) atoms. The molecule has 2 aromatic heterocycles. The zero-order chi connectivity index (χ0) is 26.8. The number of aromatic nitrogens is 4. The first-order valence-corrected chi connectivity index (χ1v) is 13.6. The Morgan fingerprint density at radius 1 is 1.11 bits per heavy atom. The van der Waals surface area contributed by atoms with Crippen LogP contribution in [0.1, 0.15) is 38.2 Å². The molecule has 1 atom stereocenters. The van der Waals surface area contributed by atoms with Gasteiger partial charge in [0.2, 0.25) is 5.95 Å². The molecular formula is C25H27ClN6O4S. The molecule has 12 heteroatoms. The molecular weight excluding hydrogens is 516 g/mol. The molecule has 0 spiro atoms. The Morgan fingerprint density at radius 2 is 1.84 bits per heavy atom. The highest BCUT2D eigenvalue weighted by atomic mass is 35.5. The van der Waals surface area contributed by atoms with Crippen molar-refractivity contribution in [1.82, 2.24) is 20.1 Å². The zero-order valence-corrected chi connectivity index (χ0v) is 22.3. The summed E-state index contributed by atoms with van der Waals surface area (Å²) in [6, 6.07) is 13.4. The maximum absolute atomic E-state index is 11.9. The second-order valence-corrected chi connectivity index (χ2v) is 11.9. The van der Waals surface area contributed by atoms with Gasteiger partial charge in [-0.05, 0) is 23.8 Å². The Morgan fingerprint density at radius 3 is 2.43 bits per heavy atom. The lowest BCUT2D eigenvalue weighted by Gasteiger charge is -2.19. The molecule has 2 heterocycles. The summed E-state index contributed by atoms with van der Waals surface area (Å²) < 4.78 is 29.3. The third-order valence-electron chi connectivity index (χ3n) is 5.40. The molecule has 0 aliphatic rings. The largest absolute Gasteiger partial charge is 0.394 e. The van der Waals surface area contributed by atoms with Gasteiger partial charge in [0.05, 0.1) is 22.6 Å². The number of nitrogens with one attached hydrogen (secondary N) is 2. The number of hydrogen-bond donors (Lipinski definition) is 3. The van der Waals surface area contributed by atoms with E-state index < -0.39 is 15.9 Å². The van der Waals surface area contributed by atoms with Crippen molar-refractivity contribution in [3.63, 3.8) is 0 Å². The molecule has 0 bridgehead atoms. The van der Waals surface area contributed by atoms with Crippen molar-refractivity contribution < 1.29 is 18.0 Å². The third kappa shape index (κ3) is 6.24. The molecule has 0 aliphatic carbocycles. The molecule has 0 amide bonds. The van der Waals surface area contributed by atoms with Crippen molar-refractivity contribution >= 4 is 38.9 Å². The van der Waals surface area contributed by atoms with Crippen LogP contribution in [0, 0.1) is 0 Å². The van der Waals surface area contributed by atoms with Crippen LogP contribution < -0.4 is 10.6 Å². The third-order valence-corrected chi connectivity index (χ3v) is 6.98. The fraction of sp³-hybridized carbons (Fsp3) is 0.280. The van der Waals surface area contributed by atoms with Crippen molar-refractivity contribution in [2.45, 2.75) is 37.1 Å². The predicted molar refractivity (Wildman–Crippen MR) is 142 cm³/mol. The van der Waals surface area contributed by atoms with Crippen molar-refractivity contribution in [1.29, 1.82) is 0 Å². The van der Waals surface area contributed by atoms with Crippen LogP contribution in [0.15, 0.2) is 64.1 Å². The fourth-order valence-corrected chi connectivity index (χ4v) is 4.77. The summed E-state index contributed by atoms with van der Waals surface area (Å²) in [5, 5.41) is 20.6. The van der Waals surface area contributed by atoms with Crippen LogP contribution in [-0.4, -0.2) is 46.5 Å². The number of halogens is 1. The normalized spacial score (nSPS) is 12.8. The molecule has 3 N–H and O–H groups in total. The van der Waals surface area contributed by atoms with Gasteiger partial charge < -0.3 is 20.3 Å². The van der Waals surface area contributed by atoms with Gasteiger partial charge in [-0.1, -0.05) is 67.9 Å². The topological polar surface area (TPSA) is 143 Å². The van der Waals surface area contributed by atoms with Gasteiger partial charge in [-0.15, -0.1) is 0 Å². The van der Waals surface area contributed by atoms with Crippen molar-refractivity contribution in [2.75, 3.05) is 23.5 Å². The monoisotopic (exact) mass is 542 g/mol. The summed E-state index contributed by atoms with van der Waals surface area (Å²) >= 11 is 6.18. The minimum atomic E-state index is -3.47. The van der Waals surface area contributed by atoms with Gasteiger partial charge in [-0.2, -0.15) is 9.97 Å². The van der Waals surface area contributed by atoms with E-state index in [4.69, 9.17) is 16.1 Å². The van der Waals surface area contributed by atoms with E-state index in [-0.39, 0.29) is 33.8 Å². The lowest BCUT2D eigenvalue weighted by molar-refractivity contribution is 0.276. The van der Waals surface area contributed by atoms with Gasteiger partial charge >= 0.3 is 0 Å². The molecule has 10 nitrogen and oxygen atoms in total. The fourth-order valence-electron chi connectivity index (χ4n) is 3.44. The Hall–Kier alpha value is -3.54. The van der Waals surface area contributed by atoms with Crippen LogP contribution in [0.3, 0.4) is 0 Å². The molecule has 0 radical (unpaired) electrons. The Bertz CT molecular complexity index is 1500. The molecule has 0 saturated carbocycles. The summed E-state index contributed by atoms with van der Waals surface area (Å²) in [7, 11) is -3.47. The Kier molecular flexibility index (Phi) is 7.49. The molecule has 0 aliphatic heterocycles. The van der Waals surface area contributed by atoms with E-state index in [0.29, 0.717) is 22.9 Å². The maximum atomic E-state index is 11.9. The molecule has 0 unspecified atom stereocenters. The highest BCUT2D eigenvalue weighted by Crippen LogP contribution is 2.32. The minimum Gasteiger partial charge on any atom is -0.394 e. The standard InChI is InChI=1S/C25H27ClN6O4S/c1-25(2,3)23-31-22(36-32-23)17-13-27-24(28-16-10-11-20(18(26)12-16)37(4,34)35)30-21(17)29-19(14-33)15-8-6-5-7-9-15/h5-13,19,33H,14H2,1-4H3,(H2,27,28,29,30)/t19-/m1/s1. The Labute approximate surface area is 220 Å². The van der Waals surface area contributed by atoms with Gasteiger partial charge in [-0.25, -0.2) is 13.4 Å². The van der Waals surface area contributed by atoms with E-state index in [1.54, 1.807) is 6.07 Å². The lowest BCUT2D eigenvalue weighted by Crippen LogP contribution is -2.17. The van der Waals surface area contributed by atoms with Crippen molar-refractivity contribution in [3.05, 3.63) is 71.1 Å². The second kappa shape index (κ2) is 10.4. The van der Waals surface area contributed by atoms with E-state index in [9.17, 15) is 13.5 Å². The number of benzene rings is 2. The quantitative estimate of drug-likeness (QED) is 0.285. The average Bonchev–Trinajstić information content (AvgIpc) is 3.33. The highest BCUT2D eigenvalue weighted by molar-refractivity contribution is 7.90. The molecule has 2 aromatic carbocycles. The van der Waals surface area contributed by atoms with Crippen LogP contribution in [-0.2, 0) is 15.3 Å². The van der Waals surface area contributed by atoms with E-state index in [1.165, 1.54) is 18.3 Å². The summed E-state index contributed by atoms with van der Waals surface area (Å²) in [6.45, 7) is 5.72. The van der Waals surface area contributed by atoms with Crippen LogP contribution in [0.2, 0.25) is 5.02 Å². The first kappa shape index (κ1) is 26.5. The maximum Gasteiger partial charge on any atom is 0.263 e. The number of nitrogens with zero attached hydrogens (tertiary/aromatic N) is 4. The van der Waals surface area contributed by atoms with Crippen molar-refractivity contribution in [3.8, 4) is 11.5 Å². The zero-order valence-electron chi connectivity index (χ0n) is 20.7. The summed E-state index contributed by atoms with van der Waals surface area (Å²) in [6.07, 6.45) is 2.62. The molecule has 0 fully saturated rings. The highest BCUT2D eigenvalue weighted by Gasteiger charge is 2.24. The summed E-state index contributed by atoms with van der Waals surface area (Å²) in [5.74, 6) is 1.31. The number of aliphatic hydroxyl groups excluding tert-OH is 1. The summed E-state index contributed by atoms with van der Waals surface area (Å²) in [5.41, 5.74) is 1.47. The van der Waals surface area contributed by atoms with E-state index >= 15 is 0 Å². The SMILES string of the molecule is CC(C)(C)c1noc(-c2cnc(Nc3ccc(S(C)(=O)=O)c(Cl)c3)nc2N[C@H](CO)c2ccccc2)n1. The smallest absolute Gasteiger partial charge is 0.263 e. The van der Waals surface area contributed by atoms with Crippen LogP contribution in [0.25, 0.3) is 11.5 Å². The van der Waals surface area contributed by atoms with Gasteiger partial charge in [0, 0.05) is 23.6 Å². The molecule has 4 rings (SSSR count).